The van der Waals surface area contributed by atoms with E-state index in [2.05, 4.69) is 69.2 Å². The normalized spacial score (nSPS) is 12.2. The summed E-state index contributed by atoms with van der Waals surface area (Å²) < 4.78 is 44.5. The molecule has 6 heteroatoms. The number of hydrogen-bond acceptors (Lipinski definition) is 2. The van der Waals surface area contributed by atoms with E-state index in [1.165, 1.54) is 28.8 Å². The van der Waals surface area contributed by atoms with Crippen LogP contribution >= 0.6 is 0 Å². The molecule has 3 nitrogen and oxygen atoms in total. The van der Waals surface area contributed by atoms with E-state index in [9.17, 15) is 13.2 Å². The number of aryl methyl sites for hydroxylation is 1. The van der Waals surface area contributed by atoms with Crippen LogP contribution in [0.2, 0.25) is 0 Å². The van der Waals surface area contributed by atoms with Gasteiger partial charge in [0, 0.05) is 34.7 Å². The summed E-state index contributed by atoms with van der Waals surface area (Å²) in [5, 5.41) is 1.28. The molecule has 212 valence electrons. The summed E-state index contributed by atoms with van der Waals surface area (Å²) >= 11 is 0. The highest BCUT2D eigenvalue weighted by molar-refractivity contribution is 5.88. The minimum atomic E-state index is -4.33. The average molecular weight is 549 g/mol. The van der Waals surface area contributed by atoms with Gasteiger partial charge >= 0.3 is 6.18 Å². The molecule has 0 saturated heterocycles. The summed E-state index contributed by atoms with van der Waals surface area (Å²) in [6.07, 6.45) is 3.35. The highest BCUT2D eigenvalue weighted by atomic mass is 19.4. The van der Waals surface area contributed by atoms with E-state index in [4.69, 9.17) is 4.74 Å². The van der Waals surface area contributed by atoms with Crippen molar-refractivity contribution >= 4 is 16.6 Å². The number of hydrogen-bond donors (Lipinski definition) is 1. The van der Waals surface area contributed by atoms with Crippen molar-refractivity contribution in [3.05, 3.63) is 90.0 Å². The zero-order valence-corrected chi connectivity index (χ0v) is 24.1. The number of aromatic amines is 1. The standard InChI is InChI=1S/C34H39F3N2O/c1-6-20-33(8-3,9-4)32-29(7-2)30-19-16-27(23-31(30)38-32)39(5)21-22-40-28-17-12-25(13-18-28)24-10-14-26(15-11-24)34(35,36)37/h10-19,23,38H,6-9,21-22H2,1-5H3. The Morgan fingerprint density at radius 2 is 1.48 bits per heavy atom. The molecule has 0 saturated carbocycles. The molecule has 0 amide bonds. The van der Waals surface area contributed by atoms with Gasteiger partial charge in [0.25, 0.3) is 0 Å². The number of likely N-dealkylation sites (N-methyl/N-ethyl adjacent to an activating group) is 1. The Balaban J connectivity index is 1.41. The second-order valence-corrected chi connectivity index (χ2v) is 10.3. The third kappa shape index (κ3) is 6.16. The van der Waals surface area contributed by atoms with Gasteiger partial charge in [-0.15, -0.1) is 0 Å². The van der Waals surface area contributed by atoms with Crippen LogP contribution in [0, 0.1) is 6.42 Å². The molecule has 4 rings (SSSR count). The first-order chi connectivity index (χ1) is 19.2. The molecular weight excluding hydrogens is 509 g/mol. The predicted molar refractivity (Wildman–Crippen MR) is 159 cm³/mol. The highest BCUT2D eigenvalue weighted by Gasteiger charge is 2.33. The maximum Gasteiger partial charge on any atom is 0.416 e. The van der Waals surface area contributed by atoms with E-state index in [1.54, 1.807) is 0 Å². The van der Waals surface area contributed by atoms with Gasteiger partial charge in [0.15, 0.2) is 0 Å². The van der Waals surface area contributed by atoms with Gasteiger partial charge in [-0.25, -0.2) is 0 Å². The summed E-state index contributed by atoms with van der Waals surface area (Å²) in [6, 6.07) is 19.2. The van der Waals surface area contributed by atoms with Crippen LogP contribution in [0.15, 0.2) is 66.7 Å². The molecule has 4 aromatic rings. The van der Waals surface area contributed by atoms with Gasteiger partial charge in [0.05, 0.1) is 12.1 Å². The number of aromatic nitrogens is 1. The second kappa shape index (κ2) is 12.4. The Morgan fingerprint density at radius 3 is 2.02 bits per heavy atom. The predicted octanol–water partition coefficient (Wildman–Crippen LogP) is 9.48. The molecule has 1 aromatic heterocycles. The number of anilines is 1. The zero-order chi connectivity index (χ0) is 28.9. The van der Waals surface area contributed by atoms with E-state index in [-0.39, 0.29) is 5.41 Å². The molecule has 0 unspecified atom stereocenters. The van der Waals surface area contributed by atoms with Crippen molar-refractivity contribution in [2.45, 2.75) is 65.0 Å². The van der Waals surface area contributed by atoms with Crippen molar-refractivity contribution in [3.63, 3.8) is 0 Å². The SMILES string of the molecule is CC[C]C(CC)(CC)c1[nH]c2cc(N(C)CCOc3ccc(-c4ccc(C(F)(F)F)cc4)cc3)ccc2c1CC. The van der Waals surface area contributed by atoms with Crippen molar-refractivity contribution in [2.24, 2.45) is 0 Å². The maximum absolute atomic E-state index is 12.8. The van der Waals surface area contributed by atoms with Crippen LogP contribution in [0.4, 0.5) is 18.9 Å². The largest absolute Gasteiger partial charge is 0.492 e. The van der Waals surface area contributed by atoms with E-state index in [1.807, 2.05) is 24.3 Å². The first-order valence-corrected chi connectivity index (χ1v) is 14.2. The van der Waals surface area contributed by atoms with Gasteiger partial charge < -0.3 is 14.6 Å². The fourth-order valence-corrected chi connectivity index (χ4v) is 5.56. The van der Waals surface area contributed by atoms with Gasteiger partial charge in [-0.05, 0) is 85.2 Å². The molecule has 2 radical (unpaired) electrons. The van der Waals surface area contributed by atoms with Crippen molar-refractivity contribution in [3.8, 4) is 16.9 Å². The molecule has 0 aliphatic heterocycles. The summed E-state index contributed by atoms with van der Waals surface area (Å²) in [5.74, 6) is 0.722. The monoisotopic (exact) mass is 548 g/mol. The molecule has 0 bridgehead atoms. The van der Waals surface area contributed by atoms with E-state index in [0.717, 1.165) is 65.9 Å². The third-order valence-corrected chi connectivity index (χ3v) is 7.98. The number of H-pyrrole nitrogens is 1. The van der Waals surface area contributed by atoms with Crippen LogP contribution in [0.25, 0.3) is 22.0 Å². The first kappa shape index (κ1) is 29.6. The number of ether oxygens (including phenoxy) is 1. The first-order valence-electron chi connectivity index (χ1n) is 14.2. The molecule has 0 aliphatic rings. The quantitative estimate of drug-likeness (QED) is 0.191. The average Bonchev–Trinajstić information content (AvgIpc) is 3.34. The van der Waals surface area contributed by atoms with Crippen molar-refractivity contribution in [1.82, 2.24) is 4.98 Å². The summed E-state index contributed by atoms with van der Waals surface area (Å²) in [6.45, 7) is 10.1. The molecular formula is C34H39F3N2O. The van der Waals surface area contributed by atoms with Crippen LogP contribution in [-0.2, 0) is 18.0 Å². The van der Waals surface area contributed by atoms with Crippen LogP contribution in [0.3, 0.4) is 0 Å². The topological polar surface area (TPSA) is 28.3 Å². The Bertz CT molecular complexity index is 1380. The smallest absolute Gasteiger partial charge is 0.416 e. The van der Waals surface area contributed by atoms with Crippen molar-refractivity contribution in [1.29, 1.82) is 0 Å². The van der Waals surface area contributed by atoms with E-state index < -0.39 is 11.7 Å². The summed E-state index contributed by atoms with van der Waals surface area (Å²) in [4.78, 5) is 5.95. The lowest BCUT2D eigenvalue weighted by Crippen LogP contribution is -2.26. The number of benzene rings is 3. The van der Waals surface area contributed by atoms with Gasteiger partial charge in [-0.3, -0.25) is 0 Å². The zero-order valence-electron chi connectivity index (χ0n) is 24.1. The van der Waals surface area contributed by atoms with Gasteiger partial charge in [0.1, 0.15) is 12.4 Å². The number of fused-ring (bicyclic) bond motifs is 1. The number of rotatable bonds is 12. The number of alkyl halides is 3. The van der Waals surface area contributed by atoms with E-state index in [0.29, 0.717) is 13.2 Å². The van der Waals surface area contributed by atoms with Crippen molar-refractivity contribution in [2.75, 3.05) is 25.1 Å². The van der Waals surface area contributed by atoms with Crippen LogP contribution < -0.4 is 9.64 Å². The van der Waals surface area contributed by atoms with Gasteiger partial charge in [-0.2, -0.15) is 13.2 Å². The lowest BCUT2D eigenvalue weighted by Gasteiger charge is -2.31. The Labute approximate surface area is 236 Å². The van der Waals surface area contributed by atoms with Crippen LogP contribution in [-0.4, -0.2) is 25.2 Å². The third-order valence-electron chi connectivity index (χ3n) is 7.98. The molecule has 3 aromatic carbocycles. The number of nitrogens with zero attached hydrogens (tertiary/aromatic N) is 1. The lowest BCUT2D eigenvalue weighted by atomic mass is 9.74. The highest BCUT2D eigenvalue weighted by Crippen LogP contribution is 2.40. The van der Waals surface area contributed by atoms with Crippen LogP contribution in [0.5, 0.6) is 5.75 Å². The number of nitrogens with one attached hydrogen (secondary N) is 1. The molecule has 1 heterocycles. The minimum absolute atomic E-state index is 0.0545. The summed E-state index contributed by atoms with van der Waals surface area (Å²) in [5.41, 5.74) is 5.83. The molecule has 1 N–H and O–H groups in total. The molecule has 0 spiro atoms. The molecule has 0 aliphatic carbocycles. The van der Waals surface area contributed by atoms with Crippen molar-refractivity contribution < 1.29 is 17.9 Å². The lowest BCUT2D eigenvalue weighted by molar-refractivity contribution is -0.137. The summed E-state index contributed by atoms with van der Waals surface area (Å²) in [7, 11) is 2.06. The maximum atomic E-state index is 12.8. The van der Waals surface area contributed by atoms with Gasteiger partial charge in [0.2, 0.25) is 0 Å². The number of halogens is 3. The Morgan fingerprint density at radius 1 is 0.850 bits per heavy atom. The van der Waals surface area contributed by atoms with Crippen LogP contribution in [0.1, 0.15) is 63.8 Å². The van der Waals surface area contributed by atoms with E-state index >= 15 is 0 Å². The molecule has 0 fully saturated rings. The Hall–Kier alpha value is -3.41. The fraction of sp³-hybridized carbons (Fsp3) is 0.382. The Kier molecular flexibility index (Phi) is 9.17. The second-order valence-electron chi connectivity index (χ2n) is 10.3. The van der Waals surface area contributed by atoms with Gasteiger partial charge in [-0.1, -0.05) is 58.0 Å². The molecule has 0 atom stereocenters. The molecule has 40 heavy (non-hydrogen) atoms. The fourth-order valence-electron chi connectivity index (χ4n) is 5.56. The minimum Gasteiger partial charge on any atom is -0.492 e.